The van der Waals surface area contributed by atoms with Gasteiger partial charge in [-0.05, 0) is 18.9 Å². The van der Waals surface area contributed by atoms with Crippen LogP contribution in [0.15, 0.2) is 30.3 Å². The Morgan fingerprint density at radius 1 is 1.50 bits per heavy atom. The van der Waals surface area contributed by atoms with Gasteiger partial charge in [-0.25, -0.2) is 0 Å². The summed E-state index contributed by atoms with van der Waals surface area (Å²) >= 11 is 0. The summed E-state index contributed by atoms with van der Waals surface area (Å²) in [5.74, 6) is -0.140. The fourth-order valence-electron chi connectivity index (χ4n) is 2.08. The summed E-state index contributed by atoms with van der Waals surface area (Å²) in [7, 11) is 0. The van der Waals surface area contributed by atoms with Crippen LogP contribution in [0.1, 0.15) is 19.4 Å². The van der Waals surface area contributed by atoms with Gasteiger partial charge in [0, 0.05) is 6.92 Å². The van der Waals surface area contributed by atoms with Gasteiger partial charge in [0.1, 0.15) is 11.7 Å². The Morgan fingerprint density at radius 2 is 2.11 bits per heavy atom. The van der Waals surface area contributed by atoms with Crippen LogP contribution in [0.2, 0.25) is 0 Å². The number of rotatable bonds is 5. The molecule has 0 saturated carbocycles. The molecule has 3 unspecified atom stereocenters. The summed E-state index contributed by atoms with van der Waals surface area (Å²) < 4.78 is 5.26. The van der Waals surface area contributed by atoms with Crippen LogP contribution >= 0.6 is 0 Å². The number of nitrogens with one attached hydrogen (secondary N) is 1. The van der Waals surface area contributed by atoms with Gasteiger partial charge in [-0.15, -0.1) is 0 Å². The second kappa shape index (κ2) is 5.08. The maximum atomic E-state index is 11.2. The van der Waals surface area contributed by atoms with Crippen molar-refractivity contribution in [2.45, 2.75) is 38.0 Å². The number of aliphatic hydroxyl groups is 1. The first-order valence-corrected chi connectivity index (χ1v) is 6.14. The number of carbonyl (C=O) groups excluding carboxylic acids is 1. The third-order valence-corrected chi connectivity index (χ3v) is 3.29. The first-order valence-electron chi connectivity index (χ1n) is 6.14. The summed E-state index contributed by atoms with van der Waals surface area (Å²) in [5.41, 5.74) is 0.571. The van der Waals surface area contributed by atoms with Crippen molar-refractivity contribution in [1.29, 1.82) is 0 Å². The quantitative estimate of drug-likeness (QED) is 0.762. The van der Waals surface area contributed by atoms with Crippen molar-refractivity contribution >= 4 is 5.91 Å². The molecule has 1 heterocycles. The highest BCUT2D eigenvalue weighted by molar-refractivity contribution is 5.73. The Bertz CT molecular complexity index is 414. The van der Waals surface area contributed by atoms with Crippen molar-refractivity contribution in [3.8, 4) is 0 Å². The number of aliphatic hydroxyl groups excluding tert-OH is 1. The first-order chi connectivity index (χ1) is 8.51. The fraction of sp³-hybridized carbons (Fsp3) is 0.500. The van der Waals surface area contributed by atoms with Crippen molar-refractivity contribution in [3.63, 3.8) is 0 Å². The number of carbonyl (C=O) groups is 1. The lowest BCUT2D eigenvalue weighted by atomic mass is 9.93. The van der Waals surface area contributed by atoms with Crippen LogP contribution in [0.25, 0.3) is 0 Å². The van der Waals surface area contributed by atoms with Gasteiger partial charge in [0.2, 0.25) is 5.91 Å². The third kappa shape index (κ3) is 3.09. The fourth-order valence-corrected chi connectivity index (χ4v) is 2.08. The van der Waals surface area contributed by atoms with Crippen LogP contribution < -0.4 is 5.32 Å². The van der Waals surface area contributed by atoms with Crippen LogP contribution in [0, 0.1) is 0 Å². The number of hydrogen-bond acceptors (Lipinski definition) is 3. The SMILES string of the molecule is CC(=O)NC(Cc1ccccc1)C(O)C1(C)CO1. The van der Waals surface area contributed by atoms with Gasteiger partial charge in [0.05, 0.1) is 12.6 Å². The topological polar surface area (TPSA) is 61.9 Å². The smallest absolute Gasteiger partial charge is 0.217 e. The molecule has 0 spiro atoms. The second-order valence-corrected chi connectivity index (χ2v) is 5.04. The van der Waals surface area contributed by atoms with Crippen LogP contribution in [-0.4, -0.2) is 35.4 Å². The lowest BCUT2D eigenvalue weighted by molar-refractivity contribution is -0.120. The van der Waals surface area contributed by atoms with Crippen molar-refractivity contribution in [3.05, 3.63) is 35.9 Å². The predicted molar refractivity (Wildman–Crippen MR) is 68.1 cm³/mol. The zero-order valence-corrected chi connectivity index (χ0v) is 10.7. The van der Waals surface area contributed by atoms with E-state index in [1.54, 1.807) is 0 Å². The van der Waals surface area contributed by atoms with Crippen molar-refractivity contribution in [1.82, 2.24) is 5.32 Å². The zero-order chi connectivity index (χ0) is 13.2. The molecule has 18 heavy (non-hydrogen) atoms. The molecular formula is C14H19NO3. The average Bonchev–Trinajstić information content (AvgIpc) is 3.08. The van der Waals surface area contributed by atoms with E-state index in [2.05, 4.69) is 5.32 Å². The van der Waals surface area contributed by atoms with E-state index in [-0.39, 0.29) is 11.9 Å². The lowest BCUT2D eigenvalue weighted by Gasteiger charge is -2.26. The molecule has 2 rings (SSSR count). The minimum atomic E-state index is -0.693. The van der Waals surface area contributed by atoms with Crippen molar-refractivity contribution in [2.24, 2.45) is 0 Å². The monoisotopic (exact) mass is 249 g/mol. The van der Waals surface area contributed by atoms with Crippen LogP contribution in [0.4, 0.5) is 0 Å². The molecule has 4 nitrogen and oxygen atoms in total. The molecule has 1 amide bonds. The maximum Gasteiger partial charge on any atom is 0.217 e. The Balaban J connectivity index is 2.07. The van der Waals surface area contributed by atoms with E-state index in [4.69, 9.17) is 4.74 Å². The van der Waals surface area contributed by atoms with E-state index < -0.39 is 11.7 Å². The summed E-state index contributed by atoms with van der Waals surface area (Å²) in [6.07, 6.45) is -0.0952. The summed E-state index contributed by atoms with van der Waals surface area (Å²) in [6.45, 7) is 3.86. The van der Waals surface area contributed by atoms with Gasteiger partial charge in [-0.2, -0.15) is 0 Å². The number of amides is 1. The normalized spacial score (nSPS) is 25.3. The molecule has 1 aromatic carbocycles. The molecular weight excluding hydrogens is 230 g/mol. The molecule has 1 aliphatic rings. The largest absolute Gasteiger partial charge is 0.388 e. The molecule has 1 saturated heterocycles. The highest BCUT2D eigenvalue weighted by Gasteiger charge is 2.49. The van der Waals surface area contributed by atoms with Crippen LogP contribution in [0.5, 0.6) is 0 Å². The molecule has 1 fully saturated rings. The average molecular weight is 249 g/mol. The van der Waals surface area contributed by atoms with Gasteiger partial charge in [-0.1, -0.05) is 30.3 Å². The maximum absolute atomic E-state index is 11.2. The molecule has 4 heteroatoms. The Labute approximate surface area is 107 Å². The van der Waals surface area contributed by atoms with Crippen LogP contribution in [0.3, 0.4) is 0 Å². The Kier molecular flexibility index (Phi) is 3.68. The Morgan fingerprint density at radius 3 is 2.61 bits per heavy atom. The minimum Gasteiger partial charge on any atom is -0.388 e. The van der Waals surface area contributed by atoms with Gasteiger partial charge < -0.3 is 15.2 Å². The number of hydrogen-bond donors (Lipinski definition) is 2. The second-order valence-electron chi connectivity index (χ2n) is 5.04. The number of epoxide rings is 1. The van der Waals surface area contributed by atoms with E-state index in [0.29, 0.717) is 13.0 Å². The van der Waals surface area contributed by atoms with E-state index in [9.17, 15) is 9.90 Å². The highest BCUT2D eigenvalue weighted by Crippen LogP contribution is 2.32. The molecule has 1 aromatic rings. The van der Waals surface area contributed by atoms with Gasteiger partial charge in [0.15, 0.2) is 0 Å². The molecule has 0 aromatic heterocycles. The molecule has 2 N–H and O–H groups in total. The Hall–Kier alpha value is -1.39. The molecule has 98 valence electrons. The minimum absolute atomic E-state index is 0.140. The van der Waals surface area contributed by atoms with E-state index >= 15 is 0 Å². The third-order valence-electron chi connectivity index (χ3n) is 3.29. The molecule has 3 atom stereocenters. The first kappa shape index (κ1) is 13.1. The van der Waals surface area contributed by atoms with E-state index in [1.165, 1.54) is 6.92 Å². The van der Waals surface area contributed by atoms with Crippen molar-refractivity contribution in [2.75, 3.05) is 6.61 Å². The number of ether oxygens (including phenoxy) is 1. The van der Waals surface area contributed by atoms with Crippen LogP contribution in [-0.2, 0) is 16.0 Å². The lowest BCUT2D eigenvalue weighted by Crippen LogP contribution is -2.49. The standard InChI is InChI=1S/C14H19NO3/c1-10(16)15-12(13(17)14(2)9-18-14)8-11-6-4-3-5-7-11/h3-7,12-13,17H,8-9H2,1-2H3,(H,15,16). The van der Waals surface area contributed by atoms with E-state index in [0.717, 1.165) is 5.56 Å². The molecule has 0 aliphatic carbocycles. The molecule has 0 radical (unpaired) electrons. The van der Waals surface area contributed by atoms with E-state index in [1.807, 2.05) is 37.3 Å². The van der Waals surface area contributed by atoms with Gasteiger partial charge in [0.25, 0.3) is 0 Å². The highest BCUT2D eigenvalue weighted by atomic mass is 16.6. The molecule has 0 bridgehead atoms. The number of benzene rings is 1. The predicted octanol–water partition coefficient (Wildman–Crippen LogP) is 0.884. The molecule has 1 aliphatic heterocycles. The van der Waals surface area contributed by atoms with Gasteiger partial charge in [-0.3, -0.25) is 4.79 Å². The zero-order valence-electron chi connectivity index (χ0n) is 10.7. The summed E-state index contributed by atoms with van der Waals surface area (Å²) in [5, 5.41) is 13.1. The summed E-state index contributed by atoms with van der Waals surface area (Å²) in [4.78, 5) is 11.2. The van der Waals surface area contributed by atoms with Gasteiger partial charge >= 0.3 is 0 Å². The summed E-state index contributed by atoms with van der Waals surface area (Å²) in [6, 6.07) is 9.48. The van der Waals surface area contributed by atoms with Crippen molar-refractivity contribution < 1.29 is 14.6 Å².